The Balaban J connectivity index is 1.39. The van der Waals surface area contributed by atoms with Crippen LogP contribution in [0.25, 0.3) is 10.9 Å². The van der Waals surface area contributed by atoms with E-state index >= 15 is 0 Å². The van der Waals surface area contributed by atoms with Gasteiger partial charge in [0.25, 0.3) is 0 Å². The molecule has 162 valence electrons. The van der Waals surface area contributed by atoms with Crippen LogP contribution in [0.3, 0.4) is 0 Å². The van der Waals surface area contributed by atoms with Crippen molar-refractivity contribution in [2.75, 3.05) is 32.1 Å². The molecule has 0 radical (unpaired) electrons. The fraction of sp³-hybridized carbons (Fsp3) is 0.333. The van der Waals surface area contributed by atoms with E-state index in [9.17, 15) is 9.59 Å². The second-order valence-corrected chi connectivity index (χ2v) is 8.45. The van der Waals surface area contributed by atoms with Gasteiger partial charge in [0, 0.05) is 15.9 Å². The van der Waals surface area contributed by atoms with Crippen LogP contribution in [0.4, 0.5) is 5.69 Å². The first-order valence-electron chi connectivity index (χ1n) is 10.5. The zero-order valence-corrected chi connectivity index (χ0v) is 18.2. The van der Waals surface area contributed by atoms with Crippen LogP contribution < -0.4 is 5.32 Å². The Hall–Kier alpha value is -2.83. The average Bonchev–Trinajstić information content (AvgIpc) is 3.12. The number of amides is 1. The van der Waals surface area contributed by atoms with Crippen molar-refractivity contribution < 1.29 is 14.3 Å². The highest BCUT2D eigenvalue weighted by Crippen LogP contribution is 2.31. The van der Waals surface area contributed by atoms with Gasteiger partial charge < -0.3 is 15.0 Å². The summed E-state index contributed by atoms with van der Waals surface area (Å²) in [6, 6.07) is 15.8. The van der Waals surface area contributed by atoms with Gasteiger partial charge in [-0.15, -0.1) is 0 Å². The van der Waals surface area contributed by atoms with Gasteiger partial charge in [-0.2, -0.15) is 0 Å². The molecular formula is C24H26ClN3O3. The molecule has 2 aromatic carbocycles. The lowest BCUT2D eigenvalue weighted by molar-refractivity contribution is -0.117. The van der Waals surface area contributed by atoms with Gasteiger partial charge in [0.2, 0.25) is 5.91 Å². The predicted molar refractivity (Wildman–Crippen MR) is 123 cm³/mol. The van der Waals surface area contributed by atoms with E-state index in [0.29, 0.717) is 27.5 Å². The molecule has 3 aromatic rings. The van der Waals surface area contributed by atoms with Crippen molar-refractivity contribution in [3.05, 3.63) is 64.8 Å². The third kappa shape index (κ3) is 5.09. The van der Waals surface area contributed by atoms with Gasteiger partial charge in [0.15, 0.2) is 0 Å². The standard InChI is InChI=1S/C24H26ClN3O3/c1-31-24(30)23-22(19-14-18(25)7-8-20(19)26-23)27-21(29)15-28-11-9-17(10-12-28)13-16-5-3-2-4-6-16/h2-8,14,17,26H,9-13,15H2,1H3,(H,27,29). The van der Waals surface area contributed by atoms with E-state index in [1.54, 1.807) is 18.2 Å². The summed E-state index contributed by atoms with van der Waals surface area (Å²) >= 11 is 6.13. The lowest BCUT2D eigenvalue weighted by atomic mass is 9.90. The number of aromatic amines is 1. The Labute approximate surface area is 186 Å². The number of H-pyrrole nitrogens is 1. The highest BCUT2D eigenvalue weighted by Gasteiger charge is 2.24. The summed E-state index contributed by atoms with van der Waals surface area (Å²) in [7, 11) is 1.31. The van der Waals surface area contributed by atoms with Crippen LogP contribution in [0, 0.1) is 5.92 Å². The van der Waals surface area contributed by atoms with Crippen molar-refractivity contribution in [3.8, 4) is 0 Å². The molecule has 4 rings (SSSR count). The smallest absolute Gasteiger partial charge is 0.356 e. The molecule has 2 heterocycles. The third-order valence-electron chi connectivity index (χ3n) is 5.86. The minimum Gasteiger partial charge on any atom is -0.464 e. The van der Waals surface area contributed by atoms with Crippen molar-refractivity contribution in [3.63, 3.8) is 0 Å². The monoisotopic (exact) mass is 439 g/mol. The number of rotatable bonds is 6. The number of benzene rings is 2. The second kappa shape index (κ2) is 9.54. The van der Waals surface area contributed by atoms with Crippen molar-refractivity contribution in [1.82, 2.24) is 9.88 Å². The summed E-state index contributed by atoms with van der Waals surface area (Å²) in [5.74, 6) is -0.0553. The van der Waals surface area contributed by atoms with Gasteiger partial charge in [0.1, 0.15) is 5.69 Å². The molecule has 6 nitrogen and oxygen atoms in total. The van der Waals surface area contributed by atoms with Gasteiger partial charge in [-0.3, -0.25) is 9.69 Å². The largest absolute Gasteiger partial charge is 0.464 e. The molecule has 1 saturated heterocycles. The molecular weight excluding hydrogens is 414 g/mol. The van der Waals surface area contributed by atoms with Gasteiger partial charge in [-0.05, 0) is 62.0 Å². The fourth-order valence-corrected chi connectivity index (χ4v) is 4.40. The molecule has 0 spiro atoms. The number of hydrogen-bond donors (Lipinski definition) is 2. The van der Waals surface area contributed by atoms with Crippen LogP contribution in [-0.4, -0.2) is 48.5 Å². The Morgan fingerprint density at radius 1 is 1.16 bits per heavy atom. The van der Waals surface area contributed by atoms with Crippen LogP contribution in [0.2, 0.25) is 5.02 Å². The molecule has 0 aliphatic carbocycles. The summed E-state index contributed by atoms with van der Waals surface area (Å²) in [4.78, 5) is 30.2. The Morgan fingerprint density at radius 2 is 1.90 bits per heavy atom. The van der Waals surface area contributed by atoms with Crippen molar-refractivity contribution >= 4 is 40.1 Å². The highest BCUT2D eigenvalue weighted by atomic mass is 35.5. The molecule has 1 fully saturated rings. The topological polar surface area (TPSA) is 74.4 Å². The maximum Gasteiger partial charge on any atom is 0.356 e. The van der Waals surface area contributed by atoms with Crippen LogP contribution in [0.1, 0.15) is 28.9 Å². The third-order valence-corrected chi connectivity index (χ3v) is 6.09. The van der Waals surface area contributed by atoms with Crippen LogP contribution >= 0.6 is 11.6 Å². The number of nitrogens with zero attached hydrogens (tertiary/aromatic N) is 1. The first-order chi connectivity index (χ1) is 15.0. The number of hydrogen-bond acceptors (Lipinski definition) is 4. The summed E-state index contributed by atoms with van der Waals surface area (Å²) in [6.45, 7) is 2.05. The first-order valence-corrected chi connectivity index (χ1v) is 10.9. The number of ether oxygens (including phenoxy) is 1. The molecule has 0 saturated carbocycles. The van der Waals surface area contributed by atoms with E-state index in [4.69, 9.17) is 16.3 Å². The second-order valence-electron chi connectivity index (χ2n) is 8.01. The maximum atomic E-state index is 12.8. The van der Waals surface area contributed by atoms with E-state index in [2.05, 4.69) is 39.5 Å². The molecule has 0 unspecified atom stereocenters. The average molecular weight is 440 g/mol. The number of esters is 1. The van der Waals surface area contributed by atoms with E-state index < -0.39 is 5.97 Å². The number of piperidine rings is 1. The number of nitrogens with one attached hydrogen (secondary N) is 2. The molecule has 0 atom stereocenters. The quantitative estimate of drug-likeness (QED) is 0.554. The zero-order chi connectivity index (χ0) is 21.8. The maximum absolute atomic E-state index is 12.8. The fourth-order valence-electron chi connectivity index (χ4n) is 4.23. The van der Waals surface area contributed by atoms with E-state index in [1.165, 1.54) is 12.7 Å². The summed E-state index contributed by atoms with van der Waals surface area (Å²) in [5.41, 5.74) is 2.71. The number of methoxy groups -OCH3 is 1. The molecule has 7 heteroatoms. The lowest BCUT2D eigenvalue weighted by Crippen LogP contribution is -2.39. The van der Waals surface area contributed by atoms with Gasteiger partial charge in [-0.1, -0.05) is 41.9 Å². The molecule has 1 aliphatic rings. The number of carbonyl (C=O) groups excluding carboxylic acids is 2. The van der Waals surface area contributed by atoms with Gasteiger partial charge >= 0.3 is 5.97 Å². The number of halogens is 1. The van der Waals surface area contributed by atoms with Crippen LogP contribution in [0.5, 0.6) is 0 Å². The summed E-state index contributed by atoms with van der Waals surface area (Å²) < 4.78 is 4.86. The minimum atomic E-state index is -0.538. The normalized spacial score (nSPS) is 15.2. The van der Waals surface area contributed by atoms with Gasteiger partial charge in [-0.25, -0.2) is 4.79 Å². The van der Waals surface area contributed by atoms with Crippen LogP contribution in [0.15, 0.2) is 48.5 Å². The molecule has 1 aliphatic heterocycles. The van der Waals surface area contributed by atoms with Crippen molar-refractivity contribution in [1.29, 1.82) is 0 Å². The lowest BCUT2D eigenvalue weighted by Gasteiger charge is -2.31. The molecule has 31 heavy (non-hydrogen) atoms. The highest BCUT2D eigenvalue weighted by molar-refractivity contribution is 6.31. The molecule has 2 N–H and O–H groups in total. The summed E-state index contributed by atoms with van der Waals surface area (Å²) in [6.07, 6.45) is 3.22. The predicted octanol–water partition coefficient (Wildman–Crippen LogP) is 4.50. The Morgan fingerprint density at radius 3 is 2.61 bits per heavy atom. The van der Waals surface area contributed by atoms with Crippen molar-refractivity contribution in [2.24, 2.45) is 5.92 Å². The number of likely N-dealkylation sites (tertiary alicyclic amines) is 1. The number of carbonyl (C=O) groups is 2. The van der Waals surface area contributed by atoms with Crippen molar-refractivity contribution in [2.45, 2.75) is 19.3 Å². The van der Waals surface area contributed by atoms with E-state index in [0.717, 1.165) is 32.4 Å². The Kier molecular flexibility index (Phi) is 6.59. The minimum absolute atomic E-state index is 0.160. The molecule has 0 bridgehead atoms. The number of fused-ring (bicyclic) bond motifs is 1. The first kappa shape index (κ1) is 21.4. The number of anilines is 1. The zero-order valence-electron chi connectivity index (χ0n) is 17.5. The van der Waals surface area contributed by atoms with E-state index in [-0.39, 0.29) is 18.1 Å². The number of aromatic nitrogens is 1. The molecule has 1 aromatic heterocycles. The Bertz CT molecular complexity index is 1070. The molecule has 1 amide bonds. The summed E-state index contributed by atoms with van der Waals surface area (Å²) in [5, 5.41) is 4.11. The van der Waals surface area contributed by atoms with Gasteiger partial charge in [0.05, 0.1) is 19.3 Å². The van der Waals surface area contributed by atoms with Crippen LogP contribution in [-0.2, 0) is 16.0 Å². The SMILES string of the molecule is COC(=O)c1[nH]c2ccc(Cl)cc2c1NC(=O)CN1CCC(Cc2ccccc2)CC1. The van der Waals surface area contributed by atoms with E-state index in [1.807, 2.05) is 6.07 Å².